The minimum Gasteiger partial charge on any atom is -0.215 e. The Morgan fingerprint density at radius 2 is 1.53 bits per heavy atom. The second-order valence-electron chi connectivity index (χ2n) is 5.95. The molecule has 1 aliphatic carbocycles. The van der Waals surface area contributed by atoms with Gasteiger partial charge in [-0.3, -0.25) is 0 Å². The molecule has 1 N–H and O–H groups in total. The Morgan fingerprint density at radius 1 is 1.06 bits per heavy atom. The van der Waals surface area contributed by atoms with E-state index in [2.05, 4.69) is 32.4 Å². The van der Waals surface area contributed by atoms with Crippen molar-refractivity contribution in [3.8, 4) is 0 Å². The molecule has 3 nitrogen and oxygen atoms in total. The highest BCUT2D eigenvalue weighted by Gasteiger charge is 2.29. The van der Waals surface area contributed by atoms with Gasteiger partial charge in [0.05, 0.1) is 5.25 Å². The van der Waals surface area contributed by atoms with Crippen molar-refractivity contribution in [3.05, 3.63) is 0 Å². The number of hydrogen-bond donors (Lipinski definition) is 1. The maximum absolute atomic E-state index is 12.1. The zero-order valence-electron chi connectivity index (χ0n) is 11.6. The van der Waals surface area contributed by atoms with Crippen LogP contribution in [-0.2, 0) is 10.0 Å². The van der Waals surface area contributed by atoms with E-state index in [0.29, 0.717) is 24.3 Å². The second-order valence-corrected chi connectivity index (χ2v) is 8.00. The predicted molar refractivity (Wildman–Crippen MR) is 72.3 cm³/mol. The first kappa shape index (κ1) is 15.0. The van der Waals surface area contributed by atoms with Gasteiger partial charge in [-0.05, 0) is 30.6 Å². The van der Waals surface area contributed by atoms with Crippen molar-refractivity contribution in [2.75, 3.05) is 6.54 Å². The summed E-state index contributed by atoms with van der Waals surface area (Å²) in [4.78, 5) is 0. The van der Waals surface area contributed by atoms with E-state index < -0.39 is 10.0 Å². The summed E-state index contributed by atoms with van der Waals surface area (Å²) in [6.45, 7) is 9.24. The summed E-state index contributed by atoms with van der Waals surface area (Å²) in [5, 5.41) is -0.137. The third-order valence-corrected chi connectivity index (χ3v) is 5.89. The fraction of sp³-hybridized carbons (Fsp3) is 1.00. The number of nitrogens with one attached hydrogen (secondary N) is 1. The van der Waals surface area contributed by atoms with E-state index in [0.717, 1.165) is 25.7 Å². The van der Waals surface area contributed by atoms with Gasteiger partial charge in [0.15, 0.2) is 0 Å². The van der Waals surface area contributed by atoms with Crippen molar-refractivity contribution >= 4 is 10.0 Å². The molecule has 0 atom stereocenters. The molecule has 0 saturated heterocycles. The van der Waals surface area contributed by atoms with E-state index >= 15 is 0 Å². The second kappa shape index (κ2) is 6.19. The third-order valence-electron chi connectivity index (χ3n) is 3.97. The number of sulfonamides is 1. The highest BCUT2D eigenvalue weighted by Crippen LogP contribution is 2.25. The Balaban J connectivity index is 2.53. The molecule has 0 radical (unpaired) electrons. The molecular formula is C13H27NO2S. The van der Waals surface area contributed by atoms with Crippen LogP contribution in [0, 0.1) is 17.8 Å². The molecule has 4 heteroatoms. The van der Waals surface area contributed by atoms with E-state index in [1.807, 2.05) is 0 Å². The van der Waals surface area contributed by atoms with Crippen LogP contribution >= 0.6 is 0 Å². The molecule has 0 aromatic rings. The number of hydrogen-bond acceptors (Lipinski definition) is 2. The molecule has 102 valence electrons. The molecule has 0 bridgehead atoms. The van der Waals surface area contributed by atoms with Crippen molar-refractivity contribution in [1.29, 1.82) is 0 Å². The molecule has 0 unspecified atom stereocenters. The monoisotopic (exact) mass is 261 g/mol. The van der Waals surface area contributed by atoms with Crippen LogP contribution in [-0.4, -0.2) is 20.2 Å². The molecule has 0 aromatic heterocycles. The molecule has 0 spiro atoms. The van der Waals surface area contributed by atoms with Crippen LogP contribution in [0.1, 0.15) is 53.4 Å². The SMILES string of the molecule is CC(C)C(CNS(=O)(=O)C1CCCC1)C(C)C. The Labute approximate surface area is 106 Å². The predicted octanol–water partition coefficient (Wildman–Crippen LogP) is 2.78. The standard InChI is InChI=1S/C13H27NO2S/c1-10(2)13(11(3)4)9-14-17(15,16)12-7-5-6-8-12/h10-14H,5-9H2,1-4H3. The van der Waals surface area contributed by atoms with E-state index in [9.17, 15) is 8.42 Å². The Hall–Kier alpha value is -0.0900. The molecule has 1 fully saturated rings. The van der Waals surface area contributed by atoms with Crippen LogP contribution in [0.3, 0.4) is 0 Å². The van der Waals surface area contributed by atoms with Gasteiger partial charge in [0.25, 0.3) is 0 Å². The molecule has 1 rings (SSSR count). The van der Waals surface area contributed by atoms with E-state index in [1.165, 1.54) is 0 Å². The van der Waals surface area contributed by atoms with Gasteiger partial charge in [0.1, 0.15) is 0 Å². The Bertz CT molecular complexity index is 308. The van der Waals surface area contributed by atoms with Crippen molar-refractivity contribution in [3.63, 3.8) is 0 Å². The first-order valence-electron chi connectivity index (χ1n) is 6.83. The van der Waals surface area contributed by atoms with Gasteiger partial charge in [-0.15, -0.1) is 0 Å². The average molecular weight is 261 g/mol. The van der Waals surface area contributed by atoms with Crippen LogP contribution in [0.25, 0.3) is 0 Å². The summed E-state index contributed by atoms with van der Waals surface area (Å²) in [5.41, 5.74) is 0. The van der Waals surface area contributed by atoms with Gasteiger partial charge in [-0.25, -0.2) is 13.1 Å². The minimum atomic E-state index is -3.07. The van der Waals surface area contributed by atoms with Crippen LogP contribution in [0.4, 0.5) is 0 Å². The van der Waals surface area contributed by atoms with Gasteiger partial charge in [-0.1, -0.05) is 40.5 Å². The van der Waals surface area contributed by atoms with Crippen LogP contribution in [0.2, 0.25) is 0 Å². The zero-order chi connectivity index (χ0) is 13.1. The summed E-state index contributed by atoms with van der Waals surface area (Å²) in [5.74, 6) is 1.45. The first-order chi connectivity index (χ1) is 7.84. The topological polar surface area (TPSA) is 46.2 Å². The maximum Gasteiger partial charge on any atom is 0.214 e. The summed E-state index contributed by atoms with van der Waals surface area (Å²) < 4.78 is 27.0. The van der Waals surface area contributed by atoms with E-state index in [-0.39, 0.29) is 5.25 Å². The zero-order valence-corrected chi connectivity index (χ0v) is 12.4. The normalized spacial score (nSPS) is 18.8. The molecule has 0 aliphatic heterocycles. The van der Waals surface area contributed by atoms with E-state index in [1.54, 1.807) is 0 Å². The lowest BCUT2D eigenvalue weighted by Gasteiger charge is -2.25. The molecule has 1 aliphatic rings. The molecule has 0 aromatic carbocycles. The maximum atomic E-state index is 12.1. The summed E-state index contributed by atoms with van der Waals surface area (Å²) in [6.07, 6.45) is 3.79. The van der Waals surface area contributed by atoms with Crippen molar-refractivity contribution in [2.24, 2.45) is 17.8 Å². The smallest absolute Gasteiger partial charge is 0.214 e. The number of rotatable bonds is 6. The third kappa shape index (κ3) is 4.25. The fourth-order valence-corrected chi connectivity index (χ4v) is 4.38. The minimum absolute atomic E-state index is 0.137. The lowest BCUT2D eigenvalue weighted by molar-refractivity contribution is 0.289. The largest absolute Gasteiger partial charge is 0.215 e. The lowest BCUT2D eigenvalue weighted by atomic mass is 9.86. The summed E-state index contributed by atoms with van der Waals surface area (Å²) >= 11 is 0. The van der Waals surface area contributed by atoms with Crippen LogP contribution in [0.15, 0.2) is 0 Å². The van der Waals surface area contributed by atoms with Gasteiger partial charge in [0, 0.05) is 6.54 Å². The fourth-order valence-electron chi connectivity index (χ4n) is 2.77. The Kier molecular flexibility index (Phi) is 5.45. The molecule has 1 saturated carbocycles. The first-order valence-corrected chi connectivity index (χ1v) is 8.37. The van der Waals surface area contributed by atoms with Crippen molar-refractivity contribution < 1.29 is 8.42 Å². The van der Waals surface area contributed by atoms with Gasteiger partial charge >= 0.3 is 0 Å². The summed E-state index contributed by atoms with van der Waals surface area (Å²) in [7, 11) is -3.07. The van der Waals surface area contributed by atoms with Crippen LogP contribution in [0.5, 0.6) is 0 Å². The Morgan fingerprint density at radius 3 is 1.94 bits per heavy atom. The molecule has 0 amide bonds. The average Bonchev–Trinajstić information content (AvgIpc) is 2.69. The molecule has 17 heavy (non-hydrogen) atoms. The summed E-state index contributed by atoms with van der Waals surface area (Å²) in [6, 6.07) is 0. The van der Waals surface area contributed by atoms with Gasteiger partial charge in [0.2, 0.25) is 10.0 Å². The van der Waals surface area contributed by atoms with E-state index in [4.69, 9.17) is 0 Å². The molecule has 0 heterocycles. The quantitative estimate of drug-likeness (QED) is 0.799. The lowest BCUT2D eigenvalue weighted by Crippen LogP contribution is -2.38. The molecular weight excluding hydrogens is 234 g/mol. The highest BCUT2D eigenvalue weighted by atomic mass is 32.2. The van der Waals surface area contributed by atoms with Gasteiger partial charge < -0.3 is 0 Å². The van der Waals surface area contributed by atoms with Gasteiger partial charge in [-0.2, -0.15) is 0 Å². The van der Waals surface area contributed by atoms with Crippen LogP contribution < -0.4 is 4.72 Å². The highest BCUT2D eigenvalue weighted by molar-refractivity contribution is 7.90. The van der Waals surface area contributed by atoms with Crippen molar-refractivity contribution in [1.82, 2.24) is 4.72 Å². The van der Waals surface area contributed by atoms with Crippen molar-refractivity contribution in [2.45, 2.75) is 58.6 Å².